The van der Waals surface area contributed by atoms with E-state index in [1.165, 1.54) is 0 Å². The molecule has 0 aliphatic heterocycles. The Morgan fingerprint density at radius 3 is 2.82 bits per heavy atom. The fourth-order valence-electron chi connectivity index (χ4n) is 3.06. The van der Waals surface area contributed by atoms with Crippen LogP contribution in [0.3, 0.4) is 0 Å². The van der Waals surface area contributed by atoms with E-state index < -0.39 is 0 Å². The molecule has 3 rings (SSSR count). The topological polar surface area (TPSA) is 78.0 Å². The van der Waals surface area contributed by atoms with Gasteiger partial charge in [0.25, 0.3) is 5.91 Å². The summed E-state index contributed by atoms with van der Waals surface area (Å²) < 4.78 is 0. The van der Waals surface area contributed by atoms with Crippen LogP contribution in [0.25, 0.3) is 11.3 Å². The molecule has 5 heteroatoms. The monoisotopic (exact) mass is 299 g/mol. The molecular formula is C17H21N3O2. The summed E-state index contributed by atoms with van der Waals surface area (Å²) in [5, 5.41) is 19.5. The van der Waals surface area contributed by atoms with E-state index in [-0.39, 0.29) is 24.5 Å². The van der Waals surface area contributed by atoms with Crippen molar-refractivity contribution in [2.24, 2.45) is 5.92 Å². The van der Waals surface area contributed by atoms with Gasteiger partial charge in [0, 0.05) is 24.1 Å². The number of H-pyrrole nitrogens is 1. The molecule has 0 spiro atoms. The van der Waals surface area contributed by atoms with Gasteiger partial charge in [0.1, 0.15) is 5.69 Å². The molecule has 0 bridgehead atoms. The largest absolute Gasteiger partial charge is 0.396 e. The van der Waals surface area contributed by atoms with Gasteiger partial charge in [0.2, 0.25) is 0 Å². The Bertz CT molecular complexity index is 624. The lowest BCUT2D eigenvalue weighted by molar-refractivity contribution is 0.0867. The quantitative estimate of drug-likeness (QED) is 0.811. The van der Waals surface area contributed by atoms with Gasteiger partial charge in [-0.2, -0.15) is 5.10 Å². The molecular weight excluding hydrogens is 278 g/mol. The Balaban J connectivity index is 1.69. The lowest BCUT2D eigenvalue weighted by atomic mass is 9.85. The normalized spacial score (nSPS) is 21.5. The Labute approximate surface area is 129 Å². The maximum absolute atomic E-state index is 12.4. The molecule has 2 aromatic rings. The number of benzene rings is 1. The van der Waals surface area contributed by atoms with Crippen molar-refractivity contribution in [3.8, 4) is 11.3 Å². The highest BCUT2D eigenvalue weighted by atomic mass is 16.3. The lowest BCUT2D eigenvalue weighted by Crippen LogP contribution is -2.43. The SMILES string of the molecule is O=C(NC1CCCCC1CO)c1cc(-c2ccccc2)n[nH]1. The van der Waals surface area contributed by atoms with Crippen LogP contribution in [-0.4, -0.2) is 33.9 Å². The minimum Gasteiger partial charge on any atom is -0.396 e. The fourth-order valence-corrected chi connectivity index (χ4v) is 3.06. The number of nitrogens with zero attached hydrogens (tertiary/aromatic N) is 1. The molecule has 1 aliphatic rings. The number of amides is 1. The molecule has 0 saturated heterocycles. The molecule has 1 saturated carbocycles. The van der Waals surface area contributed by atoms with Gasteiger partial charge in [-0.15, -0.1) is 0 Å². The third-order valence-corrected chi connectivity index (χ3v) is 4.35. The fraction of sp³-hybridized carbons (Fsp3) is 0.412. The van der Waals surface area contributed by atoms with Gasteiger partial charge in [-0.3, -0.25) is 9.89 Å². The van der Waals surface area contributed by atoms with Crippen LogP contribution < -0.4 is 5.32 Å². The molecule has 1 heterocycles. The van der Waals surface area contributed by atoms with Crippen LogP contribution in [0, 0.1) is 5.92 Å². The number of aromatic amines is 1. The number of carbonyl (C=O) groups is 1. The first-order valence-electron chi connectivity index (χ1n) is 7.80. The van der Waals surface area contributed by atoms with Crippen LogP contribution in [-0.2, 0) is 0 Å². The van der Waals surface area contributed by atoms with Crippen LogP contribution in [0.15, 0.2) is 36.4 Å². The lowest BCUT2D eigenvalue weighted by Gasteiger charge is -2.30. The number of rotatable bonds is 4. The number of carbonyl (C=O) groups excluding carboxylic acids is 1. The van der Waals surface area contributed by atoms with Crippen molar-refractivity contribution in [2.45, 2.75) is 31.7 Å². The molecule has 1 aromatic heterocycles. The molecule has 1 aromatic carbocycles. The summed E-state index contributed by atoms with van der Waals surface area (Å²) in [4.78, 5) is 12.4. The number of aliphatic hydroxyl groups is 1. The number of hydrogen-bond donors (Lipinski definition) is 3. The maximum Gasteiger partial charge on any atom is 0.269 e. The number of aromatic nitrogens is 2. The summed E-state index contributed by atoms with van der Waals surface area (Å²) in [6.07, 6.45) is 4.12. The van der Waals surface area contributed by atoms with Crippen LogP contribution >= 0.6 is 0 Å². The van der Waals surface area contributed by atoms with Crippen LogP contribution in [0.2, 0.25) is 0 Å². The van der Waals surface area contributed by atoms with Crippen LogP contribution in [0.4, 0.5) is 0 Å². The van der Waals surface area contributed by atoms with Gasteiger partial charge >= 0.3 is 0 Å². The van der Waals surface area contributed by atoms with Gasteiger partial charge in [-0.1, -0.05) is 43.2 Å². The molecule has 5 nitrogen and oxygen atoms in total. The molecule has 1 aliphatic carbocycles. The molecule has 1 fully saturated rings. The minimum absolute atomic E-state index is 0.0507. The molecule has 0 radical (unpaired) electrons. The standard InChI is InChI=1S/C17H21N3O2/c21-11-13-8-4-5-9-14(13)18-17(22)16-10-15(19-20-16)12-6-2-1-3-7-12/h1-3,6-7,10,13-14,21H,4-5,8-9,11H2,(H,18,22)(H,19,20). The first-order valence-corrected chi connectivity index (χ1v) is 7.80. The third-order valence-electron chi connectivity index (χ3n) is 4.35. The van der Waals surface area contributed by atoms with E-state index in [4.69, 9.17) is 0 Å². The maximum atomic E-state index is 12.4. The number of aliphatic hydroxyl groups excluding tert-OH is 1. The van der Waals surface area contributed by atoms with E-state index in [1.54, 1.807) is 6.07 Å². The molecule has 3 N–H and O–H groups in total. The summed E-state index contributed by atoms with van der Waals surface area (Å²) in [7, 11) is 0. The molecule has 2 atom stereocenters. The predicted molar refractivity (Wildman–Crippen MR) is 84.3 cm³/mol. The minimum atomic E-state index is -0.153. The summed E-state index contributed by atoms with van der Waals surface area (Å²) in [6.45, 7) is 0.128. The van der Waals surface area contributed by atoms with Crippen molar-refractivity contribution in [1.82, 2.24) is 15.5 Å². The second-order valence-electron chi connectivity index (χ2n) is 5.84. The van der Waals surface area contributed by atoms with Crippen molar-refractivity contribution in [3.63, 3.8) is 0 Å². The van der Waals surface area contributed by atoms with Crippen molar-refractivity contribution in [3.05, 3.63) is 42.1 Å². The first kappa shape index (κ1) is 14.8. The first-order chi connectivity index (χ1) is 10.8. The zero-order chi connectivity index (χ0) is 15.4. The van der Waals surface area contributed by atoms with Crippen molar-refractivity contribution >= 4 is 5.91 Å². The zero-order valence-electron chi connectivity index (χ0n) is 12.5. The summed E-state index contributed by atoms with van der Waals surface area (Å²) >= 11 is 0. The van der Waals surface area contributed by atoms with Gasteiger partial charge in [0.15, 0.2) is 0 Å². The summed E-state index contributed by atoms with van der Waals surface area (Å²) in [5.74, 6) is 0.00856. The van der Waals surface area contributed by atoms with E-state index in [1.807, 2.05) is 30.3 Å². The van der Waals surface area contributed by atoms with Gasteiger partial charge in [-0.25, -0.2) is 0 Å². The van der Waals surface area contributed by atoms with E-state index in [0.717, 1.165) is 36.9 Å². The van der Waals surface area contributed by atoms with E-state index in [0.29, 0.717) is 5.69 Å². The van der Waals surface area contributed by atoms with Crippen LogP contribution in [0.5, 0.6) is 0 Å². The summed E-state index contributed by atoms with van der Waals surface area (Å²) in [6, 6.07) is 11.6. The Morgan fingerprint density at radius 2 is 2.05 bits per heavy atom. The molecule has 1 amide bonds. The number of nitrogens with one attached hydrogen (secondary N) is 2. The van der Waals surface area contributed by atoms with E-state index in [2.05, 4.69) is 15.5 Å². The van der Waals surface area contributed by atoms with Crippen molar-refractivity contribution in [2.75, 3.05) is 6.61 Å². The van der Waals surface area contributed by atoms with Gasteiger partial charge < -0.3 is 10.4 Å². The average Bonchev–Trinajstić information content (AvgIpc) is 3.06. The van der Waals surface area contributed by atoms with E-state index in [9.17, 15) is 9.90 Å². The van der Waals surface area contributed by atoms with Crippen LogP contribution in [0.1, 0.15) is 36.2 Å². The van der Waals surface area contributed by atoms with Gasteiger partial charge in [-0.05, 0) is 18.9 Å². The zero-order valence-corrected chi connectivity index (χ0v) is 12.5. The molecule has 22 heavy (non-hydrogen) atoms. The van der Waals surface area contributed by atoms with Gasteiger partial charge in [0.05, 0.1) is 5.69 Å². The highest BCUT2D eigenvalue weighted by Gasteiger charge is 2.26. The summed E-state index contributed by atoms with van der Waals surface area (Å²) in [5.41, 5.74) is 2.19. The van der Waals surface area contributed by atoms with E-state index >= 15 is 0 Å². The van der Waals surface area contributed by atoms with Crippen molar-refractivity contribution < 1.29 is 9.90 Å². The highest BCUT2D eigenvalue weighted by Crippen LogP contribution is 2.24. The smallest absolute Gasteiger partial charge is 0.269 e. The van der Waals surface area contributed by atoms with Crippen molar-refractivity contribution in [1.29, 1.82) is 0 Å². The Hall–Kier alpha value is -2.14. The highest BCUT2D eigenvalue weighted by molar-refractivity contribution is 5.93. The second kappa shape index (κ2) is 6.75. The molecule has 116 valence electrons. The average molecular weight is 299 g/mol. The third kappa shape index (κ3) is 3.20. The number of hydrogen-bond acceptors (Lipinski definition) is 3. The predicted octanol–water partition coefficient (Wildman–Crippen LogP) is 2.36. The second-order valence-corrected chi connectivity index (χ2v) is 5.84. The molecule has 2 unspecified atom stereocenters. The Morgan fingerprint density at radius 1 is 1.27 bits per heavy atom. The Kier molecular flexibility index (Phi) is 4.53.